The molecule has 2 aliphatic heterocycles. The highest BCUT2D eigenvalue weighted by molar-refractivity contribution is 6.20. The fourth-order valence-corrected chi connectivity index (χ4v) is 6.43. The number of aryl methyl sites for hydroxylation is 2. The first kappa shape index (κ1) is 23.5. The second-order valence-electron chi connectivity index (χ2n) is 10.5. The van der Waals surface area contributed by atoms with Crippen LogP contribution in [0.2, 0.25) is 0 Å². The first-order valence-corrected chi connectivity index (χ1v) is 13.5. The van der Waals surface area contributed by atoms with Crippen molar-refractivity contribution in [3.05, 3.63) is 126 Å². The third kappa shape index (κ3) is 3.70. The van der Waals surface area contributed by atoms with E-state index in [1.165, 1.54) is 27.5 Å². The van der Waals surface area contributed by atoms with Crippen LogP contribution in [0.15, 0.2) is 113 Å². The molecule has 4 nitrogen and oxygen atoms in total. The van der Waals surface area contributed by atoms with Crippen LogP contribution in [0.1, 0.15) is 46.7 Å². The highest BCUT2D eigenvalue weighted by atomic mass is 16.3. The number of aromatic nitrogens is 1. The van der Waals surface area contributed by atoms with E-state index >= 15 is 0 Å². The van der Waals surface area contributed by atoms with Crippen molar-refractivity contribution in [3.8, 4) is 0 Å². The van der Waals surface area contributed by atoms with Gasteiger partial charge in [-0.25, -0.2) is 4.98 Å². The van der Waals surface area contributed by atoms with Gasteiger partial charge >= 0.3 is 0 Å². The van der Waals surface area contributed by atoms with E-state index < -0.39 is 0 Å². The zero-order valence-electron chi connectivity index (χ0n) is 22.1. The molecule has 0 saturated carbocycles. The van der Waals surface area contributed by atoms with Crippen molar-refractivity contribution in [3.63, 3.8) is 0 Å². The van der Waals surface area contributed by atoms with Crippen LogP contribution in [0.5, 0.6) is 0 Å². The molecule has 0 aliphatic carbocycles. The fraction of sp³-hybridized carbons (Fsp3) is 0.171. The van der Waals surface area contributed by atoms with Gasteiger partial charge in [0.05, 0.1) is 17.5 Å². The minimum atomic E-state index is 0.0395. The Morgan fingerprint density at radius 1 is 0.872 bits per heavy atom. The Morgan fingerprint density at radius 2 is 1.69 bits per heavy atom. The molecule has 3 aromatic carbocycles. The second kappa shape index (κ2) is 9.02. The number of hydrogen-bond donors (Lipinski definition) is 0. The number of allylic oxidation sites excluding steroid dienone is 2. The lowest BCUT2D eigenvalue weighted by Crippen LogP contribution is -2.27. The van der Waals surface area contributed by atoms with Gasteiger partial charge in [-0.1, -0.05) is 68.3 Å². The molecular formula is C35H29N3O. The maximum absolute atomic E-state index is 6.40. The molecule has 0 spiro atoms. The number of fused-ring (bicyclic) bond motifs is 10. The quantitative estimate of drug-likeness (QED) is 0.241. The molecule has 2 atom stereocenters. The van der Waals surface area contributed by atoms with E-state index in [-0.39, 0.29) is 12.0 Å². The van der Waals surface area contributed by atoms with Crippen LogP contribution >= 0.6 is 0 Å². The summed E-state index contributed by atoms with van der Waals surface area (Å²) >= 11 is 0. The molecule has 2 aromatic heterocycles. The first-order valence-electron chi connectivity index (χ1n) is 13.5. The molecule has 0 radical (unpaired) electrons. The molecule has 5 aromatic rings. The summed E-state index contributed by atoms with van der Waals surface area (Å²) in [5.74, 6) is 0.231. The van der Waals surface area contributed by atoms with Crippen molar-refractivity contribution in [2.24, 2.45) is 9.98 Å². The summed E-state index contributed by atoms with van der Waals surface area (Å²) in [6, 6.07) is 21.6. The Hall–Kier alpha value is -4.57. The fourth-order valence-electron chi connectivity index (χ4n) is 6.43. The third-order valence-electron chi connectivity index (χ3n) is 8.21. The normalized spacial score (nSPS) is 20.5. The molecule has 0 amide bonds. The number of hydrogen-bond acceptors (Lipinski definition) is 4. The van der Waals surface area contributed by atoms with Gasteiger partial charge in [0.25, 0.3) is 0 Å². The van der Waals surface area contributed by atoms with Gasteiger partial charge in [0.15, 0.2) is 0 Å². The lowest BCUT2D eigenvalue weighted by Gasteiger charge is -2.33. The zero-order chi connectivity index (χ0) is 26.7. The van der Waals surface area contributed by atoms with Crippen LogP contribution in [0, 0.1) is 6.92 Å². The third-order valence-corrected chi connectivity index (χ3v) is 8.21. The van der Waals surface area contributed by atoms with Crippen LogP contribution in [0.3, 0.4) is 0 Å². The van der Waals surface area contributed by atoms with E-state index in [4.69, 9.17) is 14.4 Å². The van der Waals surface area contributed by atoms with Crippen molar-refractivity contribution >= 4 is 44.3 Å². The van der Waals surface area contributed by atoms with E-state index in [2.05, 4.69) is 79.3 Å². The molecule has 2 unspecified atom stereocenters. The topological polar surface area (TPSA) is 50.8 Å². The Balaban J connectivity index is 1.43. The Bertz CT molecular complexity index is 1920. The van der Waals surface area contributed by atoms with Crippen molar-refractivity contribution in [1.82, 2.24) is 4.98 Å². The van der Waals surface area contributed by atoms with Gasteiger partial charge < -0.3 is 4.42 Å². The molecule has 0 bridgehead atoms. The SMILES string of the molecule is C=CC1=NC2CC(=C)/N=C(/C=C)c3c(ccc4c3oc3nc(C)ccc34)CCC2c2ccc3ccccc3c21. The average molecular weight is 508 g/mol. The van der Waals surface area contributed by atoms with Gasteiger partial charge in [0, 0.05) is 45.6 Å². The summed E-state index contributed by atoms with van der Waals surface area (Å²) in [6.45, 7) is 14.6. The maximum atomic E-state index is 6.40. The summed E-state index contributed by atoms with van der Waals surface area (Å²) < 4.78 is 6.40. The van der Waals surface area contributed by atoms with Crippen molar-refractivity contribution in [2.45, 2.75) is 38.1 Å². The highest BCUT2D eigenvalue weighted by Gasteiger charge is 2.33. The zero-order valence-corrected chi connectivity index (χ0v) is 22.1. The van der Waals surface area contributed by atoms with Gasteiger partial charge in [-0.15, -0.1) is 0 Å². The van der Waals surface area contributed by atoms with E-state index in [0.717, 1.165) is 57.6 Å². The maximum Gasteiger partial charge on any atom is 0.227 e. The Morgan fingerprint density at radius 3 is 2.54 bits per heavy atom. The summed E-state index contributed by atoms with van der Waals surface area (Å²) in [6.07, 6.45) is 6.18. The van der Waals surface area contributed by atoms with Crippen LogP contribution in [-0.4, -0.2) is 22.4 Å². The lowest BCUT2D eigenvalue weighted by molar-refractivity contribution is 0.490. The summed E-state index contributed by atoms with van der Waals surface area (Å²) in [5.41, 5.74) is 9.62. The van der Waals surface area contributed by atoms with Crippen LogP contribution in [-0.2, 0) is 6.42 Å². The summed E-state index contributed by atoms with van der Waals surface area (Å²) in [7, 11) is 0. The molecule has 0 fully saturated rings. The number of aliphatic imine (C=N–C) groups is 2. The first-order chi connectivity index (χ1) is 19.1. The number of pyridine rings is 1. The predicted octanol–water partition coefficient (Wildman–Crippen LogP) is 8.41. The van der Waals surface area contributed by atoms with E-state index in [1.807, 2.05) is 25.1 Å². The highest BCUT2D eigenvalue weighted by Crippen LogP contribution is 2.42. The molecule has 2 aliphatic rings. The molecule has 7 rings (SSSR count). The molecule has 4 heterocycles. The number of rotatable bonds is 2. The van der Waals surface area contributed by atoms with Crippen LogP contribution in [0.25, 0.3) is 32.8 Å². The molecule has 4 heteroatoms. The smallest absolute Gasteiger partial charge is 0.227 e. The number of furan rings is 1. The summed E-state index contributed by atoms with van der Waals surface area (Å²) in [4.78, 5) is 14.9. The largest absolute Gasteiger partial charge is 0.437 e. The standard InChI is InChI=1S/C35H29N3O/c1-5-29-32-23(14-18-27-28-15-11-20(3)37-35(28)39-34(27)32)13-16-25-26-17-12-22-9-7-8-10-24(22)33(26)30(6-2)38-31(25)19-21(4)36-29/h5-12,14-15,17-18,25,31H,1-2,4,13,16,19H2,3H3/b36-29-. The Kier molecular flexibility index (Phi) is 5.44. The van der Waals surface area contributed by atoms with Crippen LogP contribution in [0.4, 0.5) is 0 Å². The van der Waals surface area contributed by atoms with E-state index in [0.29, 0.717) is 12.1 Å². The van der Waals surface area contributed by atoms with Crippen molar-refractivity contribution in [2.75, 3.05) is 0 Å². The van der Waals surface area contributed by atoms with E-state index in [1.54, 1.807) is 0 Å². The van der Waals surface area contributed by atoms with E-state index in [9.17, 15) is 0 Å². The number of benzene rings is 3. The lowest BCUT2D eigenvalue weighted by atomic mass is 9.77. The van der Waals surface area contributed by atoms with Crippen LogP contribution < -0.4 is 0 Å². The molecule has 0 N–H and O–H groups in total. The molecular weight excluding hydrogens is 478 g/mol. The second-order valence-corrected chi connectivity index (χ2v) is 10.5. The van der Waals surface area contributed by atoms with Crippen molar-refractivity contribution < 1.29 is 4.42 Å². The summed E-state index contributed by atoms with van der Waals surface area (Å²) in [5, 5.41) is 4.50. The molecule has 0 saturated heterocycles. The average Bonchev–Trinajstić information content (AvgIpc) is 3.31. The monoisotopic (exact) mass is 507 g/mol. The van der Waals surface area contributed by atoms with Gasteiger partial charge in [-0.3, -0.25) is 9.98 Å². The van der Waals surface area contributed by atoms with Gasteiger partial charge in [0.1, 0.15) is 5.58 Å². The molecule has 190 valence electrons. The van der Waals surface area contributed by atoms with Gasteiger partial charge in [-0.05, 0) is 65.9 Å². The predicted molar refractivity (Wildman–Crippen MR) is 162 cm³/mol. The number of nitrogens with zero attached hydrogens (tertiary/aromatic N) is 3. The minimum absolute atomic E-state index is 0.0395. The van der Waals surface area contributed by atoms with Gasteiger partial charge in [0.2, 0.25) is 5.71 Å². The Labute approximate surface area is 227 Å². The molecule has 39 heavy (non-hydrogen) atoms. The van der Waals surface area contributed by atoms with Gasteiger partial charge in [-0.2, -0.15) is 0 Å². The van der Waals surface area contributed by atoms with Crippen molar-refractivity contribution in [1.29, 1.82) is 0 Å². The minimum Gasteiger partial charge on any atom is -0.437 e.